The predicted molar refractivity (Wildman–Crippen MR) is 140 cm³/mol. The fraction of sp³-hybridized carbons (Fsp3) is 0.188. The van der Waals surface area contributed by atoms with E-state index in [0.717, 1.165) is 30.4 Å². The number of aryl methyl sites for hydroxylation is 1. The van der Waals surface area contributed by atoms with Crippen LogP contribution in [0, 0.1) is 5.82 Å². The lowest BCUT2D eigenvalue weighted by Crippen LogP contribution is -1.99. The first-order valence-electron chi connectivity index (χ1n) is 11.8. The third kappa shape index (κ3) is 6.08. The van der Waals surface area contributed by atoms with Crippen molar-refractivity contribution < 1.29 is 4.39 Å². The van der Waals surface area contributed by atoms with Gasteiger partial charge in [0.05, 0.1) is 0 Å². The normalized spacial score (nSPS) is 12.2. The van der Waals surface area contributed by atoms with Gasteiger partial charge in [-0.3, -0.25) is 0 Å². The zero-order valence-corrected chi connectivity index (χ0v) is 19.5. The Bertz CT molecular complexity index is 1190. The monoisotopic (exact) mass is 434 g/mol. The van der Waals surface area contributed by atoms with Crippen molar-refractivity contribution in [2.24, 2.45) is 0 Å². The highest BCUT2D eigenvalue weighted by Gasteiger charge is 2.08. The van der Waals surface area contributed by atoms with E-state index in [4.69, 9.17) is 0 Å². The van der Waals surface area contributed by atoms with E-state index >= 15 is 0 Å². The van der Waals surface area contributed by atoms with Gasteiger partial charge in [-0.1, -0.05) is 123 Å². The molecule has 1 unspecified atom stereocenters. The number of hydrogen-bond donors (Lipinski definition) is 0. The molecular weight excluding hydrogens is 403 g/mol. The Labute approximate surface area is 197 Å². The first kappa shape index (κ1) is 22.7. The van der Waals surface area contributed by atoms with Gasteiger partial charge in [0.25, 0.3) is 0 Å². The van der Waals surface area contributed by atoms with Crippen molar-refractivity contribution in [3.8, 4) is 11.1 Å². The third-order valence-corrected chi connectivity index (χ3v) is 6.17. The van der Waals surface area contributed by atoms with Crippen LogP contribution in [0.15, 0.2) is 97.1 Å². The Kier molecular flexibility index (Phi) is 7.52. The minimum absolute atomic E-state index is 0.173. The average Bonchev–Trinajstić information content (AvgIpc) is 2.85. The zero-order chi connectivity index (χ0) is 23.0. The molecule has 0 nitrogen and oxygen atoms in total. The van der Waals surface area contributed by atoms with Crippen LogP contribution < -0.4 is 0 Å². The molecule has 0 radical (unpaired) electrons. The van der Waals surface area contributed by atoms with Crippen molar-refractivity contribution in [1.29, 1.82) is 0 Å². The molecule has 1 atom stereocenters. The fourth-order valence-corrected chi connectivity index (χ4v) is 4.21. The van der Waals surface area contributed by atoms with E-state index in [0.29, 0.717) is 11.5 Å². The quantitative estimate of drug-likeness (QED) is 0.243. The second-order valence-corrected chi connectivity index (χ2v) is 8.77. The maximum Gasteiger partial charge on any atom is 0.130 e. The predicted octanol–water partition coefficient (Wildman–Crippen LogP) is 8.96. The van der Waals surface area contributed by atoms with Gasteiger partial charge >= 0.3 is 0 Å². The molecular formula is C32H31F. The van der Waals surface area contributed by atoms with E-state index in [-0.39, 0.29) is 5.82 Å². The number of hydrogen-bond acceptors (Lipinski definition) is 0. The van der Waals surface area contributed by atoms with Crippen LogP contribution in [0.4, 0.5) is 4.39 Å². The first-order valence-corrected chi connectivity index (χ1v) is 11.8. The maximum atomic E-state index is 14.7. The molecule has 0 spiro atoms. The molecule has 4 aromatic rings. The minimum atomic E-state index is -0.173. The van der Waals surface area contributed by atoms with E-state index < -0.39 is 0 Å². The summed E-state index contributed by atoms with van der Waals surface area (Å²) in [6, 6.07) is 33.2. The molecule has 166 valence electrons. The van der Waals surface area contributed by atoms with Gasteiger partial charge in [-0.2, -0.15) is 0 Å². The topological polar surface area (TPSA) is 0 Å². The summed E-state index contributed by atoms with van der Waals surface area (Å²) in [4.78, 5) is 0. The lowest BCUT2D eigenvalue weighted by molar-refractivity contribution is 0.620. The van der Waals surface area contributed by atoms with Crippen LogP contribution in [0.1, 0.15) is 54.0 Å². The Morgan fingerprint density at radius 3 is 2.00 bits per heavy atom. The van der Waals surface area contributed by atoms with Gasteiger partial charge in [-0.15, -0.1) is 0 Å². The van der Waals surface area contributed by atoms with Gasteiger partial charge in [-0.05, 0) is 58.2 Å². The summed E-state index contributed by atoms with van der Waals surface area (Å²) in [5, 5.41) is 0. The van der Waals surface area contributed by atoms with Gasteiger partial charge in [0, 0.05) is 5.56 Å². The summed E-state index contributed by atoms with van der Waals surface area (Å²) < 4.78 is 14.7. The van der Waals surface area contributed by atoms with Gasteiger partial charge in [0.1, 0.15) is 5.82 Å². The van der Waals surface area contributed by atoms with E-state index in [9.17, 15) is 4.39 Å². The minimum Gasteiger partial charge on any atom is -0.206 e. The van der Waals surface area contributed by atoms with E-state index in [1.165, 1.54) is 22.3 Å². The van der Waals surface area contributed by atoms with Crippen LogP contribution in [0.3, 0.4) is 0 Å². The molecule has 33 heavy (non-hydrogen) atoms. The number of benzene rings is 4. The summed E-state index contributed by atoms with van der Waals surface area (Å²) in [5.74, 6) is 0.182. The van der Waals surface area contributed by atoms with Gasteiger partial charge < -0.3 is 0 Å². The Morgan fingerprint density at radius 1 is 0.727 bits per heavy atom. The molecule has 0 aromatic heterocycles. The summed E-state index contributed by atoms with van der Waals surface area (Å²) in [6.07, 6.45) is 6.93. The van der Waals surface area contributed by atoms with Crippen molar-refractivity contribution in [3.05, 3.63) is 131 Å². The number of rotatable bonds is 8. The molecule has 0 saturated heterocycles. The Morgan fingerprint density at radius 2 is 1.36 bits per heavy atom. The second kappa shape index (κ2) is 10.9. The molecule has 4 rings (SSSR count). The molecule has 0 amide bonds. The highest BCUT2D eigenvalue weighted by atomic mass is 19.1. The molecule has 1 heteroatoms. The molecule has 0 aliphatic heterocycles. The molecule has 0 heterocycles. The van der Waals surface area contributed by atoms with Crippen molar-refractivity contribution in [1.82, 2.24) is 0 Å². The Balaban J connectivity index is 1.41. The van der Waals surface area contributed by atoms with Crippen LogP contribution in [-0.2, 0) is 12.8 Å². The fourth-order valence-electron chi connectivity index (χ4n) is 4.21. The van der Waals surface area contributed by atoms with Crippen LogP contribution in [-0.4, -0.2) is 0 Å². The molecule has 0 saturated carbocycles. The van der Waals surface area contributed by atoms with Crippen LogP contribution >= 0.6 is 0 Å². The third-order valence-electron chi connectivity index (χ3n) is 6.17. The van der Waals surface area contributed by atoms with E-state index in [2.05, 4.69) is 86.6 Å². The smallest absolute Gasteiger partial charge is 0.130 e. The highest BCUT2D eigenvalue weighted by Crippen LogP contribution is 2.24. The summed E-state index contributed by atoms with van der Waals surface area (Å²) in [5.41, 5.74) is 7.76. The van der Waals surface area contributed by atoms with E-state index in [1.54, 1.807) is 6.07 Å². The summed E-state index contributed by atoms with van der Waals surface area (Å²) in [7, 11) is 0. The van der Waals surface area contributed by atoms with Crippen LogP contribution in [0.25, 0.3) is 23.3 Å². The van der Waals surface area contributed by atoms with E-state index in [1.807, 2.05) is 30.4 Å². The molecule has 0 aliphatic rings. The van der Waals surface area contributed by atoms with Crippen LogP contribution in [0.2, 0.25) is 0 Å². The molecule has 4 aromatic carbocycles. The SMILES string of the molecule is CCCc1ccc(-c2ccc(/C=C/c3ccc(CC(C)c4ccccc4)cc3F)cc2)cc1. The van der Waals surface area contributed by atoms with Gasteiger partial charge in [0.2, 0.25) is 0 Å². The first-order chi connectivity index (χ1) is 16.1. The average molecular weight is 435 g/mol. The Hall–Kier alpha value is -3.45. The van der Waals surface area contributed by atoms with Gasteiger partial charge in [0.15, 0.2) is 0 Å². The van der Waals surface area contributed by atoms with Crippen molar-refractivity contribution in [3.63, 3.8) is 0 Å². The number of halogens is 1. The lowest BCUT2D eigenvalue weighted by atomic mass is 9.93. The largest absolute Gasteiger partial charge is 0.206 e. The second-order valence-electron chi connectivity index (χ2n) is 8.77. The van der Waals surface area contributed by atoms with Crippen molar-refractivity contribution in [2.45, 2.75) is 39.0 Å². The highest BCUT2D eigenvalue weighted by molar-refractivity contribution is 5.72. The summed E-state index contributed by atoms with van der Waals surface area (Å²) >= 11 is 0. The molecule has 0 N–H and O–H groups in total. The lowest BCUT2D eigenvalue weighted by Gasteiger charge is -2.12. The maximum absolute atomic E-state index is 14.7. The molecule has 0 aliphatic carbocycles. The molecule has 0 bridgehead atoms. The molecule has 0 fully saturated rings. The standard InChI is InChI=1S/C32H31F/c1-3-7-25-10-16-29(17-11-25)30-18-12-26(13-19-30)14-20-31-21-15-27(23-32(31)33)22-24(2)28-8-5-4-6-9-28/h4-6,8-21,23-24H,3,7,22H2,1-2H3/b20-14+. The van der Waals surface area contributed by atoms with Crippen LogP contribution in [0.5, 0.6) is 0 Å². The van der Waals surface area contributed by atoms with Gasteiger partial charge in [-0.25, -0.2) is 4.39 Å². The van der Waals surface area contributed by atoms with Crippen molar-refractivity contribution >= 4 is 12.2 Å². The zero-order valence-electron chi connectivity index (χ0n) is 19.5. The van der Waals surface area contributed by atoms with Crippen molar-refractivity contribution in [2.75, 3.05) is 0 Å². The summed E-state index contributed by atoms with van der Waals surface area (Å²) in [6.45, 7) is 4.39.